The Bertz CT molecular complexity index is 1140. The van der Waals surface area contributed by atoms with Gasteiger partial charge in [0, 0.05) is 10.0 Å². The van der Waals surface area contributed by atoms with E-state index in [0.29, 0.717) is 14.8 Å². The minimum absolute atomic E-state index is 0.293. The van der Waals surface area contributed by atoms with Crippen molar-refractivity contribution in [3.63, 3.8) is 0 Å². The Morgan fingerprint density at radius 1 is 1.04 bits per heavy atom. The first kappa shape index (κ1) is 18.9. The van der Waals surface area contributed by atoms with Crippen LogP contribution in [0, 0.1) is 0 Å². The Kier molecular flexibility index (Phi) is 5.30. The first-order valence-electron chi connectivity index (χ1n) is 8.35. The Hall–Kier alpha value is -2.48. The molecule has 3 aromatic rings. The molecule has 0 atom stereocenters. The van der Waals surface area contributed by atoms with Crippen molar-refractivity contribution in [2.24, 2.45) is 0 Å². The highest BCUT2D eigenvalue weighted by Gasteiger charge is 2.33. The molecule has 0 aromatic heterocycles. The van der Waals surface area contributed by atoms with Gasteiger partial charge in [-0.05, 0) is 58.9 Å². The number of thioether (sulfide) groups is 1. The Morgan fingerprint density at radius 3 is 2.54 bits per heavy atom. The summed E-state index contributed by atoms with van der Waals surface area (Å²) in [6, 6.07) is 20.8. The zero-order valence-electron chi connectivity index (χ0n) is 14.4. The van der Waals surface area contributed by atoms with Crippen molar-refractivity contribution in [3.05, 3.63) is 87.2 Å². The van der Waals surface area contributed by atoms with E-state index in [1.165, 1.54) is 11.8 Å². The third kappa shape index (κ3) is 3.73. The first-order chi connectivity index (χ1) is 13.5. The van der Waals surface area contributed by atoms with E-state index in [0.717, 1.165) is 25.8 Å². The van der Waals surface area contributed by atoms with E-state index in [9.17, 15) is 9.59 Å². The molecule has 1 heterocycles. The maximum atomic E-state index is 12.8. The molecule has 0 radical (unpaired) electrons. The van der Waals surface area contributed by atoms with E-state index >= 15 is 0 Å². The van der Waals surface area contributed by atoms with E-state index < -0.39 is 5.91 Å². The highest BCUT2D eigenvalue weighted by atomic mass is 79.9. The fraction of sp³-hybridized carbons (Fsp3) is 0. The number of rotatable bonds is 3. The normalized spacial score (nSPS) is 15.5. The van der Waals surface area contributed by atoms with E-state index in [-0.39, 0.29) is 5.91 Å². The predicted octanol–water partition coefficient (Wildman–Crippen LogP) is 5.15. The first-order valence-corrected chi connectivity index (χ1v) is 10.4. The lowest BCUT2D eigenvalue weighted by atomic mass is 10.0. The van der Waals surface area contributed by atoms with Gasteiger partial charge in [-0.1, -0.05) is 70.2 Å². The number of benzene rings is 3. The molecule has 1 aliphatic rings. The average molecular weight is 469 g/mol. The van der Waals surface area contributed by atoms with Crippen molar-refractivity contribution in [3.8, 4) is 0 Å². The second kappa shape index (κ2) is 7.87. The van der Waals surface area contributed by atoms with Crippen molar-refractivity contribution in [1.29, 1.82) is 0 Å². The van der Waals surface area contributed by atoms with Crippen LogP contribution < -0.4 is 5.43 Å². The van der Waals surface area contributed by atoms with E-state index in [1.54, 1.807) is 24.3 Å². The van der Waals surface area contributed by atoms with Crippen molar-refractivity contribution in [1.82, 2.24) is 10.4 Å². The number of hydrogen-bond donors (Lipinski definition) is 1. The summed E-state index contributed by atoms with van der Waals surface area (Å²) in [6.45, 7) is 0. The maximum Gasteiger partial charge on any atom is 0.285 e. The Morgan fingerprint density at radius 2 is 1.75 bits per heavy atom. The molecule has 3 aromatic carbocycles. The number of carbonyl (C=O) groups excluding carboxylic acids is 2. The van der Waals surface area contributed by atoms with Gasteiger partial charge in [0.2, 0.25) is 0 Å². The minimum Gasteiger partial charge on any atom is -0.267 e. The van der Waals surface area contributed by atoms with Crippen molar-refractivity contribution < 1.29 is 9.59 Å². The summed E-state index contributed by atoms with van der Waals surface area (Å²) in [5.41, 5.74) is 3.96. The topological polar surface area (TPSA) is 49.4 Å². The number of hydrogen-bond acceptors (Lipinski definition) is 4. The smallest absolute Gasteiger partial charge is 0.267 e. The summed E-state index contributed by atoms with van der Waals surface area (Å²) in [6.07, 6.45) is 1.81. The lowest BCUT2D eigenvalue weighted by Crippen LogP contribution is -2.44. The van der Waals surface area contributed by atoms with Gasteiger partial charge in [0.05, 0.1) is 4.91 Å². The highest BCUT2D eigenvalue weighted by Crippen LogP contribution is 2.33. The molecule has 4 rings (SSSR count). The number of nitrogens with zero attached hydrogens (tertiary/aromatic N) is 1. The Labute approximate surface area is 179 Å². The lowest BCUT2D eigenvalue weighted by molar-refractivity contribution is -0.123. The summed E-state index contributed by atoms with van der Waals surface area (Å²) >= 11 is 9.80. The van der Waals surface area contributed by atoms with Crippen LogP contribution in [0.1, 0.15) is 15.9 Å². The van der Waals surface area contributed by atoms with Gasteiger partial charge < -0.3 is 0 Å². The van der Waals surface area contributed by atoms with Gasteiger partial charge >= 0.3 is 0 Å². The number of hydrazine groups is 1. The van der Waals surface area contributed by atoms with Crippen LogP contribution in [0.25, 0.3) is 16.8 Å². The molecule has 4 nitrogen and oxygen atoms in total. The SMILES string of the molecule is O=C(NN1C(=O)C(=Cc2cccc3ccccc23)SC1=S)c1ccc(Br)cc1. The molecule has 0 aliphatic carbocycles. The van der Waals surface area contributed by atoms with Gasteiger partial charge in [0.25, 0.3) is 11.8 Å². The van der Waals surface area contributed by atoms with Crippen molar-refractivity contribution in [2.75, 3.05) is 0 Å². The molecular weight excluding hydrogens is 456 g/mol. The number of nitrogens with one attached hydrogen (secondary N) is 1. The molecule has 0 saturated carbocycles. The second-order valence-electron chi connectivity index (χ2n) is 6.03. The van der Waals surface area contributed by atoms with Crippen LogP contribution >= 0.6 is 39.9 Å². The molecule has 0 unspecified atom stereocenters. The van der Waals surface area contributed by atoms with Crippen LogP contribution in [0.4, 0.5) is 0 Å². The standard InChI is InChI=1S/C21H13BrN2O2S2/c22-16-10-8-14(9-11-16)19(25)23-24-20(26)18(28-21(24)27)12-15-6-3-5-13-4-1-2-7-17(13)15/h1-12H,(H,23,25). The monoisotopic (exact) mass is 468 g/mol. The molecule has 0 bridgehead atoms. The number of halogens is 1. The average Bonchev–Trinajstić information content (AvgIpc) is 2.96. The summed E-state index contributed by atoms with van der Waals surface area (Å²) in [5.74, 6) is -0.733. The van der Waals surface area contributed by atoms with Crippen LogP contribution in [-0.2, 0) is 4.79 Å². The van der Waals surface area contributed by atoms with Gasteiger partial charge in [-0.3, -0.25) is 15.0 Å². The molecule has 138 valence electrons. The van der Waals surface area contributed by atoms with Gasteiger partial charge in [0.1, 0.15) is 0 Å². The molecule has 28 heavy (non-hydrogen) atoms. The van der Waals surface area contributed by atoms with Crippen LogP contribution in [-0.4, -0.2) is 21.1 Å². The van der Waals surface area contributed by atoms with Crippen molar-refractivity contribution in [2.45, 2.75) is 0 Å². The minimum atomic E-state index is -0.393. The van der Waals surface area contributed by atoms with E-state index in [2.05, 4.69) is 21.4 Å². The maximum absolute atomic E-state index is 12.8. The third-order valence-corrected chi connectivity index (χ3v) is 6.05. The van der Waals surface area contributed by atoms with Gasteiger partial charge in [0.15, 0.2) is 4.32 Å². The fourth-order valence-corrected chi connectivity index (χ4v) is 4.28. The molecule has 1 N–H and O–H groups in total. The molecule has 1 aliphatic heterocycles. The summed E-state index contributed by atoms with van der Waals surface area (Å²) in [7, 11) is 0. The van der Waals surface area contributed by atoms with Crippen LogP contribution in [0.2, 0.25) is 0 Å². The zero-order chi connectivity index (χ0) is 19.7. The van der Waals surface area contributed by atoms with Crippen LogP contribution in [0.3, 0.4) is 0 Å². The van der Waals surface area contributed by atoms with Crippen LogP contribution in [0.5, 0.6) is 0 Å². The zero-order valence-corrected chi connectivity index (χ0v) is 17.6. The van der Waals surface area contributed by atoms with E-state index in [4.69, 9.17) is 12.2 Å². The molecule has 2 amide bonds. The number of thiocarbonyl (C=S) groups is 1. The van der Waals surface area contributed by atoms with Gasteiger partial charge in [-0.25, -0.2) is 0 Å². The molecule has 0 spiro atoms. The number of carbonyl (C=O) groups is 2. The summed E-state index contributed by atoms with van der Waals surface area (Å²) in [5, 5.41) is 3.27. The molecular formula is C21H13BrN2O2S2. The molecule has 1 saturated heterocycles. The summed E-state index contributed by atoms with van der Waals surface area (Å²) in [4.78, 5) is 25.7. The second-order valence-corrected chi connectivity index (χ2v) is 8.62. The Balaban J connectivity index is 1.59. The number of fused-ring (bicyclic) bond motifs is 1. The predicted molar refractivity (Wildman–Crippen MR) is 121 cm³/mol. The summed E-state index contributed by atoms with van der Waals surface area (Å²) < 4.78 is 1.16. The quantitative estimate of drug-likeness (QED) is 0.426. The van der Waals surface area contributed by atoms with Crippen molar-refractivity contribution >= 4 is 72.9 Å². The van der Waals surface area contributed by atoms with Gasteiger partial charge in [-0.15, -0.1) is 0 Å². The molecule has 7 heteroatoms. The lowest BCUT2D eigenvalue weighted by Gasteiger charge is -2.15. The fourth-order valence-electron chi connectivity index (χ4n) is 2.85. The number of amides is 2. The van der Waals surface area contributed by atoms with E-state index in [1.807, 2.05) is 48.5 Å². The third-order valence-electron chi connectivity index (χ3n) is 4.22. The highest BCUT2D eigenvalue weighted by molar-refractivity contribution is 9.10. The molecule has 1 fully saturated rings. The largest absolute Gasteiger partial charge is 0.285 e. The van der Waals surface area contributed by atoms with Gasteiger partial charge in [-0.2, -0.15) is 5.01 Å². The van der Waals surface area contributed by atoms with Crippen LogP contribution in [0.15, 0.2) is 76.1 Å².